The number of anilines is 1. The lowest BCUT2D eigenvalue weighted by atomic mass is 10.0. The highest BCUT2D eigenvalue weighted by Gasteiger charge is 2.39. The fraction of sp³-hybridized carbons (Fsp3) is 0.568. The van der Waals surface area contributed by atoms with Crippen molar-refractivity contribution >= 4 is 54.2 Å². The molecule has 2 atom stereocenters. The Kier molecular flexibility index (Phi) is 11.6. The molecule has 3 aromatic heterocycles. The molecular weight excluding hydrogens is 740 g/mol. The summed E-state index contributed by atoms with van der Waals surface area (Å²) in [5.74, 6) is 0.947. The number of hydrogen-bond donors (Lipinski definition) is 1. The van der Waals surface area contributed by atoms with Crippen LogP contribution in [0.25, 0.3) is 21.1 Å². The molecule has 0 aliphatic carbocycles. The molecule has 12 nitrogen and oxygen atoms in total. The zero-order chi connectivity index (χ0) is 39.1. The number of alkyl halides is 3. The Bertz CT molecular complexity index is 2170. The van der Waals surface area contributed by atoms with Crippen molar-refractivity contribution in [2.24, 2.45) is 0 Å². The van der Waals surface area contributed by atoms with Crippen molar-refractivity contribution in [3.63, 3.8) is 0 Å². The number of halogens is 3. The van der Waals surface area contributed by atoms with Crippen molar-refractivity contribution in [3.8, 4) is 6.07 Å². The number of nitrogens with one attached hydrogen (secondary N) is 1. The maximum Gasteiger partial charge on any atom is 0.393 e. The van der Waals surface area contributed by atoms with Crippen molar-refractivity contribution in [3.05, 3.63) is 51.8 Å². The number of sulfonamides is 1. The predicted molar refractivity (Wildman–Crippen MR) is 205 cm³/mol. The summed E-state index contributed by atoms with van der Waals surface area (Å²) in [4.78, 5) is 28.9. The van der Waals surface area contributed by atoms with Crippen molar-refractivity contribution in [2.45, 2.75) is 83.8 Å². The standard InChI is InChI=1S/C37H48F3N9O3S2/c1-7-33-43-34(30-17-28(18-37(38,39)40)53-35(30)44-33)42-26-10-12-46(13-11-26)21-25-8-9-31-29(24(25)3)16-27(19-41)48(31)20-23(2)47-14-15-49(54(6,51)52)32(22-47)36(50)45(4)5/h8-9,16-17,23,26,32H,7,10-15,18,20-22H2,1-6H3,(H,42,43,44)/t23-,32-/m0/s1. The van der Waals surface area contributed by atoms with Crippen LogP contribution in [0, 0.1) is 18.3 Å². The highest BCUT2D eigenvalue weighted by Crippen LogP contribution is 2.34. The molecule has 0 unspecified atom stereocenters. The topological polar surface area (TPSA) is 131 Å². The third kappa shape index (κ3) is 8.68. The van der Waals surface area contributed by atoms with E-state index in [1.807, 2.05) is 24.5 Å². The van der Waals surface area contributed by atoms with Gasteiger partial charge >= 0.3 is 6.18 Å². The Labute approximate surface area is 318 Å². The summed E-state index contributed by atoms with van der Waals surface area (Å²) in [6, 6.07) is 9.30. The number of benzene rings is 1. The number of fused-ring (bicyclic) bond motifs is 2. The van der Waals surface area contributed by atoms with E-state index in [0.717, 1.165) is 66.5 Å². The number of nitriles is 1. The van der Waals surface area contributed by atoms with Gasteiger partial charge < -0.3 is 14.8 Å². The summed E-state index contributed by atoms with van der Waals surface area (Å²) in [6.07, 6.45) is -1.85. The van der Waals surface area contributed by atoms with Crippen LogP contribution in [-0.2, 0) is 40.7 Å². The highest BCUT2D eigenvalue weighted by atomic mass is 32.2. The van der Waals surface area contributed by atoms with Gasteiger partial charge in [0.05, 0.1) is 18.1 Å². The Balaban J connectivity index is 1.12. The monoisotopic (exact) mass is 787 g/mol. The minimum absolute atomic E-state index is 0.0737. The van der Waals surface area contributed by atoms with E-state index in [1.54, 1.807) is 20.2 Å². The number of amides is 1. The number of thiophene rings is 1. The molecule has 1 amide bonds. The lowest BCUT2D eigenvalue weighted by molar-refractivity contribution is -0.135. The van der Waals surface area contributed by atoms with Gasteiger partial charge in [0.1, 0.15) is 34.3 Å². The molecule has 5 heterocycles. The van der Waals surface area contributed by atoms with Crippen LogP contribution >= 0.6 is 11.3 Å². The number of carbonyl (C=O) groups is 1. The molecule has 2 aliphatic heterocycles. The maximum atomic E-state index is 13.1. The first-order chi connectivity index (χ1) is 25.4. The second-order valence-electron chi connectivity index (χ2n) is 14.8. The smallest absolute Gasteiger partial charge is 0.367 e. The van der Waals surface area contributed by atoms with Gasteiger partial charge in [0.15, 0.2) is 0 Å². The van der Waals surface area contributed by atoms with Crippen LogP contribution in [-0.4, -0.2) is 125 Å². The molecule has 2 fully saturated rings. The number of rotatable bonds is 11. The van der Waals surface area contributed by atoms with Crippen LogP contribution in [0.1, 0.15) is 54.2 Å². The lowest BCUT2D eigenvalue weighted by Crippen LogP contribution is -2.61. The van der Waals surface area contributed by atoms with Gasteiger partial charge in [-0.1, -0.05) is 13.0 Å². The van der Waals surface area contributed by atoms with E-state index >= 15 is 0 Å². The van der Waals surface area contributed by atoms with Gasteiger partial charge in [-0.3, -0.25) is 14.6 Å². The molecule has 4 aromatic rings. The summed E-state index contributed by atoms with van der Waals surface area (Å²) in [7, 11) is -0.318. The van der Waals surface area contributed by atoms with Crippen LogP contribution in [0.4, 0.5) is 19.0 Å². The summed E-state index contributed by atoms with van der Waals surface area (Å²) in [6.45, 7) is 9.92. The summed E-state index contributed by atoms with van der Waals surface area (Å²) in [5, 5.41) is 15.3. The van der Waals surface area contributed by atoms with Crippen molar-refractivity contribution in [1.82, 2.24) is 33.5 Å². The zero-order valence-electron chi connectivity index (χ0n) is 31.6. The summed E-state index contributed by atoms with van der Waals surface area (Å²) >= 11 is 1.08. The van der Waals surface area contributed by atoms with Gasteiger partial charge in [-0.15, -0.1) is 11.3 Å². The average molecular weight is 788 g/mol. The van der Waals surface area contributed by atoms with Gasteiger partial charge in [0, 0.05) is 94.2 Å². The quantitative estimate of drug-likeness (QED) is 0.224. The fourth-order valence-electron chi connectivity index (χ4n) is 7.68. The lowest BCUT2D eigenvalue weighted by Gasteiger charge is -2.42. The second kappa shape index (κ2) is 15.7. The van der Waals surface area contributed by atoms with Crippen LogP contribution < -0.4 is 5.32 Å². The van der Waals surface area contributed by atoms with E-state index < -0.39 is 28.7 Å². The van der Waals surface area contributed by atoms with Gasteiger partial charge in [0.25, 0.3) is 0 Å². The Hall–Kier alpha value is -3.82. The van der Waals surface area contributed by atoms with Crippen LogP contribution in [0.15, 0.2) is 24.3 Å². The molecule has 292 valence electrons. The van der Waals surface area contributed by atoms with Gasteiger partial charge in [0.2, 0.25) is 15.9 Å². The molecule has 17 heteroatoms. The van der Waals surface area contributed by atoms with Crippen LogP contribution in [0.5, 0.6) is 0 Å². The first kappa shape index (κ1) is 39.9. The highest BCUT2D eigenvalue weighted by molar-refractivity contribution is 7.88. The SMILES string of the molecule is CCc1nc(NC2CCN(Cc3ccc4c(cc(C#N)n4C[C@H](C)N4CCN(S(C)(=O)=O)[C@H](C(=O)N(C)C)C4)c3C)CC2)c2cc(CC(F)(F)F)sc2n1. The van der Waals surface area contributed by atoms with E-state index in [0.29, 0.717) is 47.1 Å². The maximum absolute atomic E-state index is 13.1. The Morgan fingerprint density at radius 1 is 1.13 bits per heavy atom. The third-order valence-electron chi connectivity index (χ3n) is 10.7. The Morgan fingerprint density at radius 3 is 2.48 bits per heavy atom. The molecule has 1 aromatic carbocycles. The largest absolute Gasteiger partial charge is 0.393 e. The number of aromatic nitrogens is 3. The number of carbonyl (C=O) groups excluding carboxylic acids is 1. The molecule has 6 rings (SSSR count). The first-order valence-electron chi connectivity index (χ1n) is 18.2. The van der Waals surface area contributed by atoms with Crippen LogP contribution in [0.2, 0.25) is 0 Å². The molecule has 1 N–H and O–H groups in total. The van der Waals surface area contributed by atoms with Crippen LogP contribution in [0.3, 0.4) is 0 Å². The molecule has 0 radical (unpaired) electrons. The fourth-order valence-corrected chi connectivity index (χ4v) is 9.79. The molecular formula is C37H48F3N9O3S2. The number of likely N-dealkylation sites (tertiary alicyclic amines) is 1. The third-order valence-corrected chi connectivity index (χ3v) is 13.0. The number of likely N-dealkylation sites (N-methyl/N-ethyl adjacent to an activating group) is 1. The summed E-state index contributed by atoms with van der Waals surface area (Å²) < 4.78 is 67.7. The molecule has 0 bridgehead atoms. The van der Waals surface area contributed by atoms with Crippen molar-refractivity contribution in [2.75, 3.05) is 58.4 Å². The average Bonchev–Trinajstić information content (AvgIpc) is 3.68. The molecule has 0 saturated carbocycles. The minimum Gasteiger partial charge on any atom is -0.367 e. The number of nitrogens with zero attached hydrogens (tertiary/aromatic N) is 8. The summed E-state index contributed by atoms with van der Waals surface area (Å²) in [5.41, 5.74) is 3.77. The van der Waals surface area contributed by atoms with Gasteiger partial charge in [-0.25, -0.2) is 18.4 Å². The normalized spacial score (nSPS) is 19.0. The predicted octanol–water partition coefficient (Wildman–Crippen LogP) is 4.99. The second-order valence-corrected chi connectivity index (χ2v) is 17.8. The van der Waals surface area contributed by atoms with Crippen molar-refractivity contribution in [1.29, 1.82) is 5.26 Å². The zero-order valence-corrected chi connectivity index (χ0v) is 33.2. The van der Waals surface area contributed by atoms with E-state index in [1.165, 1.54) is 14.8 Å². The first-order valence-corrected chi connectivity index (χ1v) is 20.9. The number of piperidine rings is 1. The Morgan fingerprint density at radius 2 is 1.85 bits per heavy atom. The molecule has 0 spiro atoms. The van der Waals surface area contributed by atoms with E-state index in [-0.39, 0.29) is 36.0 Å². The number of aryl methyl sites for hydroxylation is 2. The molecule has 2 saturated heterocycles. The van der Waals surface area contributed by atoms with E-state index in [4.69, 9.17) is 0 Å². The number of hydrogen-bond acceptors (Lipinski definition) is 10. The van der Waals surface area contributed by atoms with Gasteiger partial charge in [-0.2, -0.15) is 22.7 Å². The molecule has 2 aliphatic rings. The molecule has 54 heavy (non-hydrogen) atoms. The number of piperazine rings is 1. The van der Waals surface area contributed by atoms with E-state index in [9.17, 15) is 31.6 Å². The minimum atomic E-state index is -4.29. The van der Waals surface area contributed by atoms with Gasteiger partial charge in [-0.05, 0) is 56.0 Å². The van der Waals surface area contributed by atoms with E-state index in [2.05, 4.69) is 50.2 Å². The van der Waals surface area contributed by atoms with Crippen molar-refractivity contribution < 1.29 is 26.4 Å².